The average Bonchev–Trinajstić information content (AvgIpc) is 3.04. The van der Waals surface area contributed by atoms with Crippen LogP contribution in [-0.4, -0.2) is 57.7 Å². The van der Waals surface area contributed by atoms with Gasteiger partial charge in [0.1, 0.15) is 11.8 Å². The van der Waals surface area contributed by atoms with Crippen molar-refractivity contribution in [3.63, 3.8) is 0 Å². The van der Waals surface area contributed by atoms with Crippen molar-refractivity contribution < 1.29 is 23.9 Å². The molecule has 3 aromatic carbocycles. The molecular weight excluding hydrogens is 460 g/mol. The molecule has 0 saturated carbocycles. The first kappa shape index (κ1) is 25.0. The normalized spacial score (nSPS) is 15.9. The molecule has 188 valence electrons. The Morgan fingerprint density at radius 1 is 1.14 bits per heavy atom. The van der Waals surface area contributed by atoms with Crippen LogP contribution in [0.25, 0.3) is 10.8 Å². The Hall–Kier alpha value is -4.11. The lowest BCUT2D eigenvalue weighted by Crippen LogP contribution is -2.54. The van der Waals surface area contributed by atoms with E-state index in [0.717, 1.165) is 22.0 Å². The van der Waals surface area contributed by atoms with E-state index >= 15 is 0 Å². The number of rotatable bonds is 7. The van der Waals surface area contributed by atoms with Crippen LogP contribution in [0.4, 0.5) is 11.4 Å². The first-order chi connectivity index (χ1) is 17.4. The second kappa shape index (κ2) is 10.7. The molecule has 2 atom stereocenters. The average molecular weight is 491 g/mol. The highest BCUT2D eigenvalue weighted by Crippen LogP contribution is 2.35. The van der Waals surface area contributed by atoms with Gasteiger partial charge < -0.3 is 30.3 Å². The molecule has 1 heterocycles. The molecule has 9 nitrogen and oxygen atoms in total. The molecule has 3 aromatic rings. The zero-order valence-corrected chi connectivity index (χ0v) is 20.8. The quantitative estimate of drug-likeness (QED) is 0.437. The Balaban J connectivity index is 1.78. The van der Waals surface area contributed by atoms with Crippen LogP contribution in [-0.2, 0) is 20.9 Å². The van der Waals surface area contributed by atoms with Crippen molar-refractivity contribution in [3.8, 4) is 5.75 Å². The molecule has 0 spiro atoms. The zero-order chi connectivity index (χ0) is 25.8. The van der Waals surface area contributed by atoms with Crippen molar-refractivity contribution in [2.75, 3.05) is 38.0 Å². The molecule has 36 heavy (non-hydrogen) atoms. The van der Waals surface area contributed by atoms with Crippen LogP contribution in [0, 0.1) is 0 Å². The van der Waals surface area contributed by atoms with Gasteiger partial charge >= 0.3 is 5.97 Å². The first-order valence-corrected chi connectivity index (χ1v) is 11.7. The van der Waals surface area contributed by atoms with Gasteiger partial charge in [-0.15, -0.1) is 0 Å². The topological polar surface area (TPSA) is 109 Å². The molecule has 0 aliphatic carbocycles. The van der Waals surface area contributed by atoms with Crippen molar-refractivity contribution in [2.45, 2.75) is 25.6 Å². The van der Waals surface area contributed by atoms with Gasteiger partial charge in [-0.2, -0.15) is 0 Å². The minimum absolute atomic E-state index is 0.198. The van der Waals surface area contributed by atoms with E-state index in [1.54, 1.807) is 38.1 Å². The van der Waals surface area contributed by atoms with Crippen molar-refractivity contribution in [1.29, 1.82) is 0 Å². The summed E-state index contributed by atoms with van der Waals surface area (Å²) in [6, 6.07) is 15.3. The van der Waals surface area contributed by atoms with Crippen molar-refractivity contribution in [1.82, 2.24) is 10.6 Å². The summed E-state index contributed by atoms with van der Waals surface area (Å²) < 4.78 is 10.5. The summed E-state index contributed by atoms with van der Waals surface area (Å²) in [7, 11) is 4.61. The highest BCUT2D eigenvalue weighted by atomic mass is 16.5. The maximum Gasteiger partial charge on any atom is 0.337 e. The zero-order valence-electron chi connectivity index (χ0n) is 20.8. The third-order valence-corrected chi connectivity index (χ3v) is 6.44. The fourth-order valence-electron chi connectivity index (χ4n) is 4.30. The summed E-state index contributed by atoms with van der Waals surface area (Å²) in [5.41, 5.74) is 2.70. The van der Waals surface area contributed by atoms with E-state index in [2.05, 4.69) is 16.0 Å². The fraction of sp³-hybridized carbons (Fsp3) is 0.296. The Bertz CT molecular complexity index is 1310. The molecule has 0 saturated heterocycles. The minimum atomic E-state index is -0.771. The third-order valence-electron chi connectivity index (χ3n) is 6.44. The monoisotopic (exact) mass is 490 g/mol. The lowest BCUT2D eigenvalue weighted by molar-refractivity contribution is -0.128. The molecule has 0 unspecified atom stereocenters. The maximum absolute atomic E-state index is 13.8. The number of para-hydroxylation sites is 2. The Labute approximate surface area is 209 Å². The molecule has 0 aromatic heterocycles. The summed E-state index contributed by atoms with van der Waals surface area (Å²) in [6.45, 7) is 2.19. The number of hydrogen-bond donors (Lipinski definition) is 3. The predicted octanol–water partition coefficient (Wildman–Crippen LogP) is 2.69. The van der Waals surface area contributed by atoms with Crippen molar-refractivity contribution in [3.05, 3.63) is 65.7 Å². The number of ether oxygens (including phenoxy) is 2. The molecule has 0 fully saturated rings. The molecule has 3 N–H and O–H groups in total. The summed E-state index contributed by atoms with van der Waals surface area (Å²) in [4.78, 5) is 40.1. The second-order valence-corrected chi connectivity index (χ2v) is 8.57. The number of amides is 2. The van der Waals surface area contributed by atoms with E-state index in [4.69, 9.17) is 9.47 Å². The van der Waals surface area contributed by atoms with E-state index in [-0.39, 0.29) is 24.9 Å². The smallest absolute Gasteiger partial charge is 0.337 e. The van der Waals surface area contributed by atoms with Gasteiger partial charge in [-0.25, -0.2) is 4.79 Å². The number of nitrogens with zero attached hydrogens (tertiary/aromatic N) is 1. The van der Waals surface area contributed by atoms with Crippen LogP contribution in [0.15, 0.2) is 54.6 Å². The SMILES string of the molecule is CN[C@@H](C)C(=O)N[C@H]1CNc2ccccc2N(Cc2c(OC)ccc3cc(C(=O)OC)ccc23)C1=O. The fourth-order valence-corrected chi connectivity index (χ4v) is 4.30. The number of benzene rings is 3. The molecule has 1 aliphatic heterocycles. The van der Waals surface area contributed by atoms with Crippen LogP contribution < -0.4 is 25.6 Å². The molecule has 0 bridgehead atoms. The number of fused-ring (bicyclic) bond motifs is 2. The van der Waals surface area contributed by atoms with Gasteiger partial charge in [0.15, 0.2) is 0 Å². The van der Waals surface area contributed by atoms with E-state index < -0.39 is 18.1 Å². The largest absolute Gasteiger partial charge is 0.496 e. The number of esters is 1. The number of methoxy groups -OCH3 is 2. The van der Waals surface area contributed by atoms with Gasteiger partial charge in [0, 0.05) is 12.1 Å². The number of carbonyl (C=O) groups excluding carboxylic acids is 3. The van der Waals surface area contributed by atoms with Crippen molar-refractivity contribution >= 4 is 39.9 Å². The maximum atomic E-state index is 13.8. The summed E-state index contributed by atoms with van der Waals surface area (Å²) in [5, 5.41) is 10.7. The number of nitrogens with one attached hydrogen (secondary N) is 3. The summed E-state index contributed by atoms with van der Waals surface area (Å²) in [5.74, 6) is -0.317. The van der Waals surface area contributed by atoms with Gasteiger partial charge in [-0.1, -0.05) is 24.3 Å². The molecule has 4 rings (SSSR count). The number of carbonyl (C=O) groups is 3. The number of anilines is 2. The van der Waals surface area contributed by atoms with Crippen LogP contribution in [0.3, 0.4) is 0 Å². The van der Waals surface area contributed by atoms with Crippen LogP contribution >= 0.6 is 0 Å². The Kier molecular flexibility index (Phi) is 7.40. The van der Waals surface area contributed by atoms with Crippen LogP contribution in [0.5, 0.6) is 5.75 Å². The Morgan fingerprint density at radius 3 is 2.64 bits per heavy atom. The van der Waals surface area contributed by atoms with E-state index in [9.17, 15) is 14.4 Å². The summed E-state index contributed by atoms with van der Waals surface area (Å²) >= 11 is 0. The minimum Gasteiger partial charge on any atom is -0.496 e. The first-order valence-electron chi connectivity index (χ1n) is 11.7. The molecule has 9 heteroatoms. The molecule has 1 aliphatic rings. The summed E-state index contributed by atoms with van der Waals surface area (Å²) in [6.07, 6.45) is 0. The number of likely N-dealkylation sites (N-methyl/N-ethyl adjacent to an activating group) is 1. The van der Waals surface area contributed by atoms with Gasteiger partial charge in [0.05, 0.1) is 43.7 Å². The third kappa shape index (κ3) is 4.83. The lowest BCUT2D eigenvalue weighted by Gasteiger charge is -2.27. The van der Waals surface area contributed by atoms with E-state index in [0.29, 0.717) is 17.0 Å². The highest BCUT2D eigenvalue weighted by Gasteiger charge is 2.33. The van der Waals surface area contributed by atoms with Gasteiger partial charge in [0.2, 0.25) is 5.91 Å². The standard InChI is InChI=1S/C27H30N4O5/c1-16(28-2)25(32)30-22-14-29-21-7-5-6-8-23(21)31(26(22)33)15-20-19-11-9-18(27(34)36-4)13-17(19)10-12-24(20)35-3/h5-13,16,22,28-29H,14-15H2,1-4H3,(H,30,32)/t16-,22-/m0/s1. The molecule has 0 radical (unpaired) electrons. The van der Waals surface area contributed by atoms with Crippen molar-refractivity contribution in [2.24, 2.45) is 0 Å². The Morgan fingerprint density at radius 2 is 1.92 bits per heavy atom. The van der Waals surface area contributed by atoms with Gasteiger partial charge in [0.25, 0.3) is 5.91 Å². The van der Waals surface area contributed by atoms with Crippen LogP contribution in [0.1, 0.15) is 22.8 Å². The number of hydrogen-bond acceptors (Lipinski definition) is 7. The second-order valence-electron chi connectivity index (χ2n) is 8.57. The van der Waals surface area contributed by atoms with Gasteiger partial charge in [-0.05, 0) is 55.1 Å². The molecule has 2 amide bonds. The van der Waals surface area contributed by atoms with E-state index in [1.807, 2.05) is 42.5 Å². The lowest BCUT2D eigenvalue weighted by atomic mass is 10.00. The molecular formula is C27H30N4O5. The van der Waals surface area contributed by atoms with Crippen LogP contribution in [0.2, 0.25) is 0 Å². The van der Waals surface area contributed by atoms with Gasteiger partial charge in [-0.3, -0.25) is 9.59 Å². The van der Waals surface area contributed by atoms with E-state index in [1.165, 1.54) is 7.11 Å². The predicted molar refractivity (Wildman–Crippen MR) is 138 cm³/mol. The highest BCUT2D eigenvalue weighted by molar-refractivity contribution is 6.04.